The van der Waals surface area contributed by atoms with Gasteiger partial charge in [0.15, 0.2) is 0 Å². The minimum Gasteiger partial charge on any atom is -0.492 e. The fourth-order valence-corrected chi connectivity index (χ4v) is 3.35. The van der Waals surface area contributed by atoms with Crippen LogP contribution >= 0.6 is 23.2 Å². The van der Waals surface area contributed by atoms with Crippen LogP contribution in [0.4, 0.5) is 5.69 Å². The molecule has 118 valence electrons. The van der Waals surface area contributed by atoms with Crippen molar-refractivity contribution in [1.82, 2.24) is 0 Å². The standard InChI is InChI=1S/C15H15Cl2NO3S/c1-3-21-15-7-6-12(9-14(15)17)22(19,20)18-11-5-4-10(2)13(16)8-11/h4-9,18H,3H2,1-2H3. The molecule has 0 saturated heterocycles. The van der Waals surface area contributed by atoms with Crippen LogP contribution < -0.4 is 9.46 Å². The normalized spacial score (nSPS) is 11.3. The number of sulfonamides is 1. The van der Waals surface area contributed by atoms with Crippen molar-refractivity contribution in [3.8, 4) is 5.75 Å². The molecule has 0 bridgehead atoms. The second-order valence-corrected chi connectivity index (χ2v) is 7.09. The van der Waals surface area contributed by atoms with E-state index >= 15 is 0 Å². The van der Waals surface area contributed by atoms with E-state index in [0.29, 0.717) is 23.1 Å². The molecule has 0 radical (unpaired) electrons. The molecule has 0 unspecified atom stereocenters. The smallest absolute Gasteiger partial charge is 0.261 e. The molecule has 22 heavy (non-hydrogen) atoms. The molecule has 0 amide bonds. The fourth-order valence-electron chi connectivity index (χ4n) is 1.79. The predicted molar refractivity (Wildman–Crippen MR) is 89.6 cm³/mol. The van der Waals surface area contributed by atoms with E-state index in [0.717, 1.165) is 5.56 Å². The van der Waals surface area contributed by atoms with E-state index in [9.17, 15) is 8.42 Å². The molecule has 1 N–H and O–H groups in total. The van der Waals surface area contributed by atoms with Crippen LogP contribution in [0.1, 0.15) is 12.5 Å². The van der Waals surface area contributed by atoms with E-state index in [4.69, 9.17) is 27.9 Å². The Hall–Kier alpha value is -1.43. The van der Waals surface area contributed by atoms with Crippen molar-refractivity contribution < 1.29 is 13.2 Å². The summed E-state index contributed by atoms with van der Waals surface area (Å²) in [6.45, 7) is 4.11. The highest BCUT2D eigenvalue weighted by Crippen LogP contribution is 2.29. The third-order valence-electron chi connectivity index (χ3n) is 2.94. The van der Waals surface area contributed by atoms with Crippen LogP contribution in [-0.2, 0) is 10.0 Å². The minimum atomic E-state index is -3.75. The molecule has 0 heterocycles. The lowest BCUT2D eigenvalue weighted by Crippen LogP contribution is -2.13. The molecule has 2 rings (SSSR count). The number of benzene rings is 2. The zero-order valence-corrected chi connectivity index (χ0v) is 14.4. The molecule has 0 aliphatic carbocycles. The molecule has 0 atom stereocenters. The summed E-state index contributed by atoms with van der Waals surface area (Å²) in [5.74, 6) is 0.446. The second-order valence-electron chi connectivity index (χ2n) is 4.59. The largest absolute Gasteiger partial charge is 0.492 e. The molecule has 0 fully saturated rings. The Morgan fingerprint density at radius 3 is 2.41 bits per heavy atom. The lowest BCUT2D eigenvalue weighted by molar-refractivity contribution is 0.340. The van der Waals surface area contributed by atoms with Gasteiger partial charge in [-0.2, -0.15) is 0 Å². The van der Waals surface area contributed by atoms with Gasteiger partial charge in [-0.05, 0) is 49.7 Å². The van der Waals surface area contributed by atoms with Crippen LogP contribution in [0, 0.1) is 6.92 Å². The third kappa shape index (κ3) is 3.85. The number of nitrogens with one attached hydrogen (secondary N) is 1. The first-order valence-corrected chi connectivity index (χ1v) is 8.78. The summed E-state index contributed by atoms with van der Waals surface area (Å²) >= 11 is 12.0. The van der Waals surface area contributed by atoms with Crippen LogP contribution in [0.3, 0.4) is 0 Å². The van der Waals surface area contributed by atoms with Gasteiger partial charge in [-0.1, -0.05) is 29.3 Å². The van der Waals surface area contributed by atoms with E-state index in [1.165, 1.54) is 18.2 Å². The maximum atomic E-state index is 12.4. The summed E-state index contributed by atoms with van der Waals surface area (Å²) in [5.41, 5.74) is 1.26. The Labute approximate surface area is 140 Å². The zero-order chi connectivity index (χ0) is 16.3. The van der Waals surface area contributed by atoms with E-state index in [1.807, 2.05) is 13.8 Å². The van der Waals surface area contributed by atoms with Crippen LogP contribution in [0.2, 0.25) is 10.0 Å². The minimum absolute atomic E-state index is 0.0534. The van der Waals surface area contributed by atoms with Gasteiger partial charge in [-0.25, -0.2) is 8.42 Å². The van der Waals surface area contributed by atoms with Gasteiger partial charge in [0.05, 0.1) is 22.2 Å². The Morgan fingerprint density at radius 2 is 1.82 bits per heavy atom. The van der Waals surface area contributed by atoms with Gasteiger partial charge in [0.1, 0.15) is 5.75 Å². The Morgan fingerprint density at radius 1 is 1.09 bits per heavy atom. The lowest BCUT2D eigenvalue weighted by atomic mass is 10.2. The number of hydrogen-bond donors (Lipinski definition) is 1. The van der Waals surface area contributed by atoms with E-state index in [2.05, 4.69) is 4.72 Å². The van der Waals surface area contributed by atoms with E-state index in [1.54, 1.807) is 18.2 Å². The van der Waals surface area contributed by atoms with Crippen molar-refractivity contribution >= 4 is 38.9 Å². The number of rotatable bonds is 5. The molecule has 2 aromatic rings. The van der Waals surface area contributed by atoms with Gasteiger partial charge in [0.2, 0.25) is 0 Å². The molecule has 0 spiro atoms. The van der Waals surface area contributed by atoms with Gasteiger partial charge >= 0.3 is 0 Å². The summed E-state index contributed by atoms with van der Waals surface area (Å²) in [4.78, 5) is 0.0534. The first kappa shape index (κ1) is 16.9. The SMILES string of the molecule is CCOc1ccc(S(=O)(=O)Nc2ccc(C)c(Cl)c2)cc1Cl. The molecule has 4 nitrogen and oxygen atoms in total. The monoisotopic (exact) mass is 359 g/mol. The van der Waals surface area contributed by atoms with E-state index in [-0.39, 0.29) is 9.92 Å². The fraction of sp³-hybridized carbons (Fsp3) is 0.200. The summed E-state index contributed by atoms with van der Waals surface area (Å²) in [7, 11) is -3.75. The van der Waals surface area contributed by atoms with Gasteiger partial charge in [0.25, 0.3) is 10.0 Å². The topological polar surface area (TPSA) is 55.4 Å². The van der Waals surface area contributed by atoms with Gasteiger partial charge in [0, 0.05) is 5.02 Å². The highest BCUT2D eigenvalue weighted by molar-refractivity contribution is 7.92. The Bertz CT molecular complexity index is 791. The number of anilines is 1. The zero-order valence-electron chi connectivity index (χ0n) is 12.1. The quantitative estimate of drug-likeness (QED) is 0.854. The molecule has 0 aliphatic rings. The lowest BCUT2D eigenvalue weighted by Gasteiger charge is -2.11. The van der Waals surface area contributed by atoms with Crippen molar-refractivity contribution in [2.75, 3.05) is 11.3 Å². The molecule has 0 aliphatic heterocycles. The van der Waals surface area contributed by atoms with Gasteiger partial charge in [-0.15, -0.1) is 0 Å². The first-order chi connectivity index (χ1) is 10.3. The average molecular weight is 360 g/mol. The predicted octanol–water partition coefficient (Wildman–Crippen LogP) is 4.50. The van der Waals surface area contributed by atoms with Crippen molar-refractivity contribution in [1.29, 1.82) is 0 Å². The van der Waals surface area contributed by atoms with Gasteiger partial charge in [-0.3, -0.25) is 4.72 Å². The summed E-state index contributed by atoms with van der Waals surface area (Å²) in [6, 6.07) is 9.27. The molecule has 7 heteroatoms. The molecule has 0 aromatic heterocycles. The molecular weight excluding hydrogens is 345 g/mol. The Balaban J connectivity index is 2.30. The van der Waals surface area contributed by atoms with Crippen molar-refractivity contribution in [2.24, 2.45) is 0 Å². The highest BCUT2D eigenvalue weighted by Gasteiger charge is 2.16. The maximum Gasteiger partial charge on any atom is 0.261 e. The molecular formula is C15H15Cl2NO3S. The summed E-state index contributed by atoms with van der Waals surface area (Å²) < 4.78 is 32.5. The van der Waals surface area contributed by atoms with Crippen molar-refractivity contribution in [2.45, 2.75) is 18.7 Å². The molecule has 2 aromatic carbocycles. The van der Waals surface area contributed by atoms with Crippen molar-refractivity contribution in [3.63, 3.8) is 0 Å². The van der Waals surface area contributed by atoms with Crippen molar-refractivity contribution in [3.05, 3.63) is 52.0 Å². The number of aryl methyl sites for hydroxylation is 1. The maximum absolute atomic E-state index is 12.4. The summed E-state index contributed by atoms with van der Waals surface area (Å²) in [6.07, 6.45) is 0. The first-order valence-electron chi connectivity index (χ1n) is 6.55. The second kappa shape index (κ2) is 6.77. The van der Waals surface area contributed by atoms with Crippen LogP contribution in [-0.4, -0.2) is 15.0 Å². The van der Waals surface area contributed by atoms with Crippen LogP contribution in [0.5, 0.6) is 5.75 Å². The number of hydrogen-bond acceptors (Lipinski definition) is 3. The van der Waals surface area contributed by atoms with Gasteiger partial charge < -0.3 is 4.74 Å². The number of halogens is 2. The summed E-state index contributed by atoms with van der Waals surface area (Å²) in [5, 5.41) is 0.733. The van der Waals surface area contributed by atoms with Crippen LogP contribution in [0.25, 0.3) is 0 Å². The highest BCUT2D eigenvalue weighted by atomic mass is 35.5. The number of ether oxygens (including phenoxy) is 1. The Kier molecular flexibility index (Phi) is 5.21. The van der Waals surface area contributed by atoms with E-state index < -0.39 is 10.0 Å². The third-order valence-corrected chi connectivity index (χ3v) is 5.02. The molecule has 0 saturated carbocycles. The average Bonchev–Trinajstić information content (AvgIpc) is 2.45. The van der Waals surface area contributed by atoms with Crippen LogP contribution in [0.15, 0.2) is 41.3 Å².